The minimum Gasteiger partial charge on any atom is -0.383 e. The molecule has 0 unspecified atom stereocenters. The molecule has 2 N–H and O–H groups in total. The zero-order valence-electron chi connectivity index (χ0n) is 21.7. The summed E-state index contributed by atoms with van der Waals surface area (Å²) in [4.78, 5) is 36.9. The van der Waals surface area contributed by atoms with E-state index in [0.29, 0.717) is 56.0 Å². The topological polar surface area (TPSA) is 114 Å². The van der Waals surface area contributed by atoms with Crippen molar-refractivity contribution in [2.24, 2.45) is 0 Å². The zero-order valence-corrected chi connectivity index (χ0v) is 23.3. The standard InChI is InChI=1S/C29H24N6O3S2/c1-17-10-11-22-31-25-20(29(37)35(22)16-17)15-19(24(30)34(25)12-13-38-2)27-32-23(18-7-4-3-5-8-18)28(40-27)33-26(36)21-9-6-14-39-21/h3-11,14-16,30H,12-13H2,1-2H3,(H,33,36). The highest BCUT2D eigenvalue weighted by molar-refractivity contribution is 7.19. The number of thiazole rings is 1. The third-order valence-electron chi connectivity index (χ3n) is 6.45. The van der Waals surface area contributed by atoms with E-state index in [-0.39, 0.29) is 17.0 Å². The maximum absolute atomic E-state index is 13.7. The van der Waals surface area contributed by atoms with Gasteiger partial charge in [-0.25, -0.2) is 9.97 Å². The Balaban J connectivity index is 1.58. The number of carbonyl (C=O) groups is 1. The van der Waals surface area contributed by atoms with E-state index < -0.39 is 0 Å². The van der Waals surface area contributed by atoms with Crippen molar-refractivity contribution in [3.8, 4) is 21.8 Å². The fraction of sp³-hybridized carbons (Fsp3) is 0.138. The van der Waals surface area contributed by atoms with Crippen LogP contribution in [0.3, 0.4) is 0 Å². The maximum Gasteiger partial charge on any atom is 0.267 e. The molecule has 0 bridgehead atoms. The smallest absolute Gasteiger partial charge is 0.267 e. The number of ether oxygens (including phenoxy) is 1. The lowest BCUT2D eigenvalue weighted by atomic mass is 10.1. The fourth-order valence-electron chi connectivity index (χ4n) is 4.49. The van der Waals surface area contributed by atoms with Crippen LogP contribution in [0.5, 0.6) is 0 Å². The van der Waals surface area contributed by atoms with Gasteiger partial charge in [-0.3, -0.25) is 19.4 Å². The first kappa shape index (κ1) is 25.8. The second kappa shape index (κ2) is 10.6. The maximum atomic E-state index is 13.7. The Morgan fingerprint density at radius 1 is 1.10 bits per heavy atom. The Hall–Kier alpha value is -4.45. The number of anilines is 1. The fourth-order valence-corrected chi connectivity index (χ4v) is 6.11. The van der Waals surface area contributed by atoms with Gasteiger partial charge < -0.3 is 14.6 Å². The van der Waals surface area contributed by atoms with E-state index in [9.17, 15) is 9.59 Å². The molecule has 5 aromatic heterocycles. The zero-order chi connectivity index (χ0) is 27.8. The Bertz CT molecular complexity index is 1990. The van der Waals surface area contributed by atoms with Gasteiger partial charge in [0.15, 0.2) is 0 Å². The predicted octanol–water partition coefficient (Wildman–Crippen LogP) is 5.19. The molecule has 11 heteroatoms. The van der Waals surface area contributed by atoms with Gasteiger partial charge in [-0.1, -0.05) is 53.8 Å². The molecule has 0 spiro atoms. The van der Waals surface area contributed by atoms with E-state index in [2.05, 4.69) is 5.32 Å². The van der Waals surface area contributed by atoms with E-state index in [1.165, 1.54) is 27.1 Å². The number of methoxy groups -OCH3 is 1. The molecule has 40 heavy (non-hydrogen) atoms. The van der Waals surface area contributed by atoms with Crippen LogP contribution >= 0.6 is 22.7 Å². The van der Waals surface area contributed by atoms with Crippen molar-refractivity contribution in [3.63, 3.8) is 0 Å². The summed E-state index contributed by atoms with van der Waals surface area (Å²) in [6, 6.07) is 18.5. The summed E-state index contributed by atoms with van der Waals surface area (Å²) >= 11 is 2.62. The lowest BCUT2D eigenvalue weighted by molar-refractivity contribution is 0.103. The number of carbonyl (C=O) groups excluding carboxylic acids is 1. The van der Waals surface area contributed by atoms with Crippen LogP contribution in [-0.2, 0) is 11.3 Å². The molecule has 0 aliphatic carbocycles. The van der Waals surface area contributed by atoms with E-state index in [1.54, 1.807) is 36.1 Å². The number of aryl methyl sites for hydroxylation is 1. The number of nitrogens with zero attached hydrogens (tertiary/aromatic N) is 4. The van der Waals surface area contributed by atoms with Gasteiger partial charge in [0, 0.05) is 25.4 Å². The Labute approximate surface area is 236 Å². The second-order valence-electron chi connectivity index (χ2n) is 9.13. The van der Waals surface area contributed by atoms with Crippen molar-refractivity contribution in [1.82, 2.24) is 18.9 Å². The van der Waals surface area contributed by atoms with Crippen molar-refractivity contribution in [2.45, 2.75) is 13.5 Å². The number of fused-ring (bicyclic) bond motifs is 2. The molecular weight excluding hydrogens is 544 g/mol. The van der Waals surface area contributed by atoms with Crippen LogP contribution in [0.4, 0.5) is 5.00 Å². The number of pyridine rings is 2. The first-order valence-corrected chi connectivity index (χ1v) is 14.2. The molecule has 0 fully saturated rings. The van der Waals surface area contributed by atoms with Gasteiger partial charge in [-0.05, 0) is 36.1 Å². The average molecular weight is 569 g/mol. The predicted molar refractivity (Wildman–Crippen MR) is 158 cm³/mol. The molecule has 0 aliphatic rings. The van der Waals surface area contributed by atoms with Gasteiger partial charge in [0.2, 0.25) is 0 Å². The monoisotopic (exact) mass is 568 g/mol. The first-order valence-electron chi connectivity index (χ1n) is 12.5. The third-order valence-corrected chi connectivity index (χ3v) is 8.32. The molecule has 0 saturated carbocycles. The lowest BCUT2D eigenvalue weighted by Crippen LogP contribution is -2.28. The molecule has 200 valence electrons. The molecular formula is C29H24N6O3S2. The summed E-state index contributed by atoms with van der Waals surface area (Å²) in [5.74, 6) is -0.230. The second-order valence-corrected chi connectivity index (χ2v) is 11.1. The minimum absolute atomic E-state index is 0.150. The number of aromatic nitrogens is 4. The molecule has 0 atom stereocenters. The van der Waals surface area contributed by atoms with Crippen LogP contribution in [0.2, 0.25) is 0 Å². The van der Waals surface area contributed by atoms with Gasteiger partial charge in [-0.2, -0.15) is 0 Å². The third kappa shape index (κ3) is 4.64. The van der Waals surface area contributed by atoms with Gasteiger partial charge >= 0.3 is 0 Å². The van der Waals surface area contributed by atoms with Crippen LogP contribution < -0.4 is 16.4 Å². The van der Waals surface area contributed by atoms with Crippen LogP contribution in [0.15, 0.2) is 77.0 Å². The van der Waals surface area contributed by atoms with E-state index >= 15 is 0 Å². The summed E-state index contributed by atoms with van der Waals surface area (Å²) in [5, 5.41) is 15.4. The molecule has 5 heterocycles. The molecule has 0 saturated heterocycles. The number of amides is 1. The lowest BCUT2D eigenvalue weighted by Gasteiger charge is -2.14. The Morgan fingerprint density at radius 2 is 1.93 bits per heavy atom. The highest BCUT2D eigenvalue weighted by Crippen LogP contribution is 2.38. The highest BCUT2D eigenvalue weighted by Gasteiger charge is 2.21. The first-order chi connectivity index (χ1) is 19.4. The van der Waals surface area contributed by atoms with E-state index in [0.717, 1.165) is 11.1 Å². The Kier molecular flexibility index (Phi) is 6.84. The van der Waals surface area contributed by atoms with Gasteiger partial charge in [-0.15, -0.1) is 11.3 Å². The van der Waals surface area contributed by atoms with Crippen LogP contribution in [0.25, 0.3) is 38.5 Å². The van der Waals surface area contributed by atoms with E-state index in [1.807, 2.05) is 54.8 Å². The SMILES string of the molecule is COCCn1c(=N)c(-c2nc(-c3ccccc3)c(NC(=O)c3cccs3)s2)cc2c(=O)n3cc(C)ccc3nc21. The summed E-state index contributed by atoms with van der Waals surface area (Å²) in [5.41, 5.74) is 3.64. The van der Waals surface area contributed by atoms with Crippen molar-refractivity contribution in [1.29, 1.82) is 5.41 Å². The summed E-state index contributed by atoms with van der Waals surface area (Å²) < 4.78 is 8.52. The van der Waals surface area contributed by atoms with Crippen molar-refractivity contribution in [3.05, 3.63) is 98.5 Å². The minimum atomic E-state index is -0.234. The quantitative estimate of drug-likeness (QED) is 0.257. The number of hydrogen-bond donors (Lipinski definition) is 2. The summed E-state index contributed by atoms with van der Waals surface area (Å²) in [7, 11) is 1.59. The van der Waals surface area contributed by atoms with Crippen molar-refractivity contribution < 1.29 is 9.53 Å². The van der Waals surface area contributed by atoms with Crippen LogP contribution in [-0.4, -0.2) is 38.6 Å². The normalized spacial score (nSPS) is 11.3. The van der Waals surface area contributed by atoms with Crippen molar-refractivity contribution >= 4 is 50.3 Å². The number of hydrogen-bond acceptors (Lipinski definition) is 8. The van der Waals surface area contributed by atoms with Gasteiger partial charge in [0.1, 0.15) is 32.5 Å². The molecule has 6 aromatic rings. The number of nitrogens with one attached hydrogen (secondary N) is 2. The Morgan fingerprint density at radius 3 is 2.67 bits per heavy atom. The number of benzene rings is 1. The average Bonchev–Trinajstić information content (AvgIpc) is 3.65. The molecule has 0 radical (unpaired) electrons. The summed E-state index contributed by atoms with van der Waals surface area (Å²) in [6.45, 7) is 2.58. The number of rotatable bonds is 7. The molecule has 9 nitrogen and oxygen atoms in total. The van der Waals surface area contributed by atoms with Crippen LogP contribution in [0, 0.1) is 12.3 Å². The molecule has 6 rings (SSSR count). The summed E-state index contributed by atoms with van der Waals surface area (Å²) in [6.07, 6.45) is 1.76. The van der Waals surface area contributed by atoms with Crippen molar-refractivity contribution in [2.75, 3.05) is 19.0 Å². The molecule has 0 aliphatic heterocycles. The van der Waals surface area contributed by atoms with E-state index in [4.69, 9.17) is 20.1 Å². The van der Waals surface area contributed by atoms with Crippen LogP contribution in [0.1, 0.15) is 15.2 Å². The molecule has 1 aromatic carbocycles. The largest absolute Gasteiger partial charge is 0.383 e. The molecule has 1 amide bonds. The van der Waals surface area contributed by atoms with Gasteiger partial charge in [0.05, 0.1) is 22.4 Å². The highest BCUT2D eigenvalue weighted by atomic mass is 32.1. The number of thiophene rings is 1. The van der Waals surface area contributed by atoms with Gasteiger partial charge in [0.25, 0.3) is 11.5 Å².